The zero-order valence-electron chi connectivity index (χ0n) is 7.98. The quantitative estimate of drug-likeness (QED) is 0.658. The Kier molecular flexibility index (Phi) is 2.51. The van der Waals surface area contributed by atoms with E-state index in [0.717, 1.165) is 18.7 Å². The zero-order valence-corrected chi connectivity index (χ0v) is 7.98. The summed E-state index contributed by atoms with van der Waals surface area (Å²) in [6.07, 6.45) is 4.82. The molecule has 70 valence electrons. The van der Waals surface area contributed by atoms with Gasteiger partial charge in [0.15, 0.2) is 0 Å². The lowest BCUT2D eigenvalue weighted by Gasteiger charge is -2.17. The predicted molar refractivity (Wildman–Crippen MR) is 57.1 cm³/mol. The van der Waals surface area contributed by atoms with Crippen LogP contribution in [0.5, 0.6) is 0 Å². The number of nitriles is 1. The summed E-state index contributed by atoms with van der Waals surface area (Å²) in [5, 5.41) is 8.60. The second kappa shape index (κ2) is 3.97. The average molecular weight is 184 g/mol. The molecule has 2 heteroatoms. The predicted octanol–water partition coefficient (Wildman–Crippen LogP) is 2.13. The minimum absolute atomic E-state index is 0.495. The third-order valence-electron chi connectivity index (χ3n) is 2.38. The van der Waals surface area contributed by atoms with Crippen LogP contribution in [0.4, 0.5) is 5.69 Å². The van der Waals surface area contributed by atoms with Gasteiger partial charge in [0, 0.05) is 18.8 Å². The highest BCUT2D eigenvalue weighted by molar-refractivity contribution is 5.51. The van der Waals surface area contributed by atoms with E-state index in [0.29, 0.717) is 6.42 Å². The highest BCUT2D eigenvalue weighted by atomic mass is 15.1. The Morgan fingerprint density at radius 3 is 2.79 bits per heavy atom. The van der Waals surface area contributed by atoms with Crippen LogP contribution in [0.3, 0.4) is 0 Å². The standard InChI is InChI=1S/C12H12N2/c13-7-6-11-4-3-5-12(10-11)14-8-1-2-9-14/h1-5,10H,6,8-9H2. The fourth-order valence-corrected chi connectivity index (χ4v) is 1.64. The maximum absolute atomic E-state index is 8.60. The summed E-state index contributed by atoms with van der Waals surface area (Å²) in [5.41, 5.74) is 2.31. The lowest BCUT2D eigenvalue weighted by atomic mass is 10.1. The molecule has 1 aromatic rings. The Labute approximate surface area is 84.1 Å². The van der Waals surface area contributed by atoms with E-state index >= 15 is 0 Å². The van der Waals surface area contributed by atoms with Gasteiger partial charge in [-0.1, -0.05) is 24.3 Å². The van der Waals surface area contributed by atoms with Gasteiger partial charge >= 0.3 is 0 Å². The Bertz CT molecular complexity index is 380. The first-order chi connectivity index (χ1) is 6.90. The van der Waals surface area contributed by atoms with Crippen molar-refractivity contribution >= 4 is 5.69 Å². The SMILES string of the molecule is N#CCc1cccc(N2CC=CC2)c1. The highest BCUT2D eigenvalue weighted by Gasteiger charge is 2.07. The summed E-state index contributed by atoms with van der Waals surface area (Å²) in [6, 6.07) is 10.4. The van der Waals surface area contributed by atoms with E-state index in [2.05, 4.69) is 35.3 Å². The van der Waals surface area contributed by atoms with Crippen LogP contribution in [0.2, 0.25) is 0 Å². The molecule has 0 amide bonds. The molecule has 0 aromatic heterocycles. The van der Waals surface area contributed by atoms with Crippen molar-refractivity contribution in [1.29, 1.82) is 5.26 Å². The Morgan fingerprint density at radius 1 is 1.29 bits per heavy atom. The highest BCUT2D eigenvalue weighted by Crippen LogP contribution is 2.18. The first-order valence-corrected chi connectivity index (χ1v) is 4.76. The molecule has 2 nitrogen and oxygen atoms in total. The van der Waals surface area contributed by atoms with Gasteiger partial charge in [-0.05, 0) is 17.7 Å². The van der Waals surface area contributed by atoms with Crippen molar-refractivity contribution in [3.63, 3.8) is 0 Å². The second-order valence-electron chi connectivity index (χ2n) is 3.38. The lowest BCUT2D eigenvalue weighted by Crippen LogP contribution is -2.18. The van der Waals surface area contributed by atoms with Crippen LogP contribution in [0.15, 0.2) is 36.4 Å². The van der Waals surface area contributed by atoms with Gasteiger partial charge in [-0.15, -0.1) is 0 Å². The van der Waals surface area contributed by atoms with Gasteiger partial charge in [0.25, 0.3) is 0 Å². The van der Waals surface area contributed by atoms with Crippen LogP contribution < -0.4 is 4.90 Å². The molecule has 0 saturated carbocycles. The molecule has 1 aromatic carbocycles. The normalized spacial score (nSPS) is 14.4. The van der Waals surface area contributed by atoms with E-state index in [1.165, 1.54) is 5.69 Å². The van der Waals surface area contributed by atoms with Crippen LogP contribution in [0.1, 0.15) is 5.56 Å². The van der Waals surface area contributed by atoms with E-state index in [-0.39, 0.29) is 0 Å². The van der Waals surface area contributed by atoms with Gasteiger partial charge in [-0.3, -0.25) is 0 Å². The molecular formula is C12H12N2. The van der Waals surface area contributed by atoms with Crippen LogP contribution in [-0.2, 0) is 6.42 Å². The minimum Gasteiger partial charge on any atom is -0.364 e. The molecule has 14 heavy (non-hydrogen) atoms. The summed E-state index contributed by atoms with van der Waals surface area (Å²) in [6.45, 7) is 1.96. The summed E-state index contributed by atoms with van der Waals surface area (Å²) < 4.78 is 0. The van der Waals surface area contributed by atoms with E-state index in [4.69, 9.17) is 5.26 Å². The summed E-state index contributed by atoms with van der Waals surface area (Å²) >= 11 is 0. The van der Waals surface area contributed by atoms with Gasteiger partial charge in [-0.2, -0.15) is 5.26 Å². The fourth-order valence-electron chi connectivity index (χ4n) is 1.64. The van der Waals surface area contributed by atoms with Crippen molar-refractivity contribution < 1.29 is 0 Å². The molecule has 0 spiro atoms. The van der Waals surface area contributed by atoms with Crippen molar-refractivity contribution in [3.8, 4) is 6.07 Å². The molecule has 1 aliphatic rings. The van der Waals surface area contributed by atoms with Crippen LogP contribution in [0, 0.1) is 11.3 Å². The molecule has 2 rings (SSSR count). The fraction of sp³-hybridized carbons (Fsp3) is 0.250. The Balaban J connectivity index is 2.18. The number of hydrogen-bond acceptors (Lipinski definition) is 2. The largest absolute Gasteiger partial charge is 0.364 e. The van der Waals surface area contributed by atoms with Gasteiger partial charge in [-0.25, -0.2) is 0 Å². The Hall–Kier alpha value is -1.75. The molecule has 0 bridgehead atoms. The first-order valence-electron chi connectivity index (χ1n) is 4.76. The third-order valence-corrected chi connectivity index (χ3v) is 2.38. The molecule has 0 fully saturated rings. The van der Waals surface area contributed by atoms with E-state index < -0.39 is 0 Å². The van der Waals surface area contributed by atoms with Crippen molar-refractivity contribution in [2.45, 2.75) is 6.42 Å². The van der Waals surface area contributed by atoms with E-state index in [1.807, 2.05) is 12.1 Å². The van der Waals surface area contributed by atoms with Crippen LogP contribution >= 0.6 is 0 Å². The molecule has 1 aliphatic heterocycles. The van der Waals surface area contributed by atoms with Crippen molar-refractivity contribution in [2.24, 2.45) is 0 Å². The van der Waals surface area contributed by atoms with Gasteiger partial charge in [0.2, 0.25) is 0 Å². The third kappa shape index (κ3) is 1.77. The van der Waals surface area contributed by atoms with Gasteiger partial charge in [0.05, 0.1) is 12.5 Å². The van der Waals surface area contributed by atoms with E-state index in [9.17, 15) is 0 Å². The minimum atomic E-state index is 0.495. The number of nitrogens with zero attached hydrogens (tertiary/aromatic N) is 2. The smallest absolute Gasteiger partial charge is 0.0669 e. The van der Waals surface area contributed by atoms with Crippen LogP contribution in [0.25, 0.3) is 0 Å². The first kappa shape index (κ1) is 8.83. The molecule has 0 radical (unpaired) electrons. The number of rotatable bonds is 2. The molecular weight excluding hydrogens is 172 g/mol. The second-order valence-corrected chi connectivity index (χ2v) is 3.38. The van der Waals surface area contributed by atoms with E-state index in [1.54, 1.807) is 0 Å². The lowest BCUT2D eigenvalue weighted by molar-refractivity contribution is 1.00. The molecule has 0 N–H and O–H groups in total. The topological polar surface area (TPSA) is 27.0 Å². The summed E-state index contributed by atoms with van der Waals surface area (Å²) in [5.74, 6) is 0. The monoisotopic (exact) mass is 184 g/mol. The summed E-state index contributed by atoms with van der Waals surface area (Å²) in [4.78, 5) is 2.28. The maximum Gasteiger partial charge on any atom is 0.0669 e. The average Bonchev–Trinajstić information content (AvgIpc) is 2.71. The molecule has 1 heterocycles. The maximum atomic E-state index is 8.60. The number of hydrogen-bond donors (Lipinski definition) is 0. The van der Waals surface area contributed by atoms with Crippen molar-refractivity contribution in [2.75, 3.05) is 18.0 Å². The molecule has 0 saturated heterocycles. The van der Waals surface area contributed by atoms with Crippen molar-refractivity contribution in [3.05, 3.63) is 42.0 Å². The number of anilines is 1. The van der Waals surface area contributed by atoms with Crippen LogP contribution in [-0.4, -0.2) is 13.1 Å². The summed E-state index contributed by atoms with van der Waals surface area (Å²) in [7, 11) is 0. The molecule has 0 unspecified atom stereocenters. The zero-order chi connectivity index (χ0) is 9.80. The Morgan fingerprint density at radius 2 is 2.07 bits per heavy atom. The van der Waals surface area contributed by atoms with Gasteiger partial charge < -0.3 is 4.90 Å². The van der Waals surface area contributed by atoms with Gasteiger partial charge in [0.1, 0.15) is 0 Å². The molecule has 0 aliphatic carbocycles. The van der Waals surface area contributed by atoms with Crippen molar-refractivity contribution in [1.82, 2.24) is 0 Å². The molecule has 0 atom stereocenters. The number of benzene rings is 1.